The van der Waals surface area contributed by atoms with Crippen LogP contribution in [0.15, 0.2) is 34.4 Å². The van der Waals surface area contributed by atoms with Crippen LogP contribution in [-0.4, -0.2) is 55.8 Å². The summed E-state index contributed by atoms with van der Waals surface area (Å²) in [6, 6.07) is 7.72. The molecule has 0 radical (unpaired) electrons. The number of amides is 1. The Morgan fingerprint density at radius 1 is 1.21 bits per heavy atom. The van der Waals surface area contributed by atoms with E-state index in [1.54, 1.807) is 28.8 Å². The molecule has 1 N–H and O–H groups in total. The molecule has 3 heterocycles. The van der Waals surface area contributed by atoms with Crippen LogP contribution in [0, 0.1) is 0 Å². The van der Waals surface area contributed by atoms with Gasteiger partial charge in [-0.05, 0) is 49.6 Å². The largest absolute Gasteiger partial charge is 0.508 e. The fraction of sp³-hybridized carbons (Fsp3) is 0.476. The SMILES string of the molecule is CCSc1nc2c(n1Cc1ccc(O)cc1)C(=O)N(CC)C1=N[C@@H]3CCC[C@@H]3N12. The molecule has 1 saturated carbocycles. The molecule has 0 spiro atoms. The van der Waals surface area contributed by atoms with Gasteiger partial charge in [-0.25, -0.2) is 9.98 Å². The number of carbonyl (C=O) groups excluding carboxylic acids is 1. The maximum absolute atomic E-state index is 13.5. The number of nitrogens with zero attached hydrogens (tertiary/aromatic N) is 5. The first-order chi connectivity index (χ1) is 14.1. The summed E-state index contributed by atoms with van der Waals surface area (Å²) in [5, 5.41) is 10.5. The van der Waals surface area contributed by atoms with Crippen molar-refractivity contribution in [3.63, 3.8) is 0 Å². The summed E-state index contributed by atoms with van der Waals surface area (Å²) in [5.41, 5.74) is 1.68. The number of fused-ring (bicyclic) bond motifs is 5. The normalized spacial score (nSPS) is 22.6. The number of thioether (sulfide) groups is 1. The molecule has 1 aliphatic carbocycles. The lowest BCUT2D eigenvalue weighted by Crippen LogP contribution is -2.53. The maximum Gasteiger partial charge on any atom is 0.281 e. The summed E-state index contributed by atoms with van der Waals surface area (Å²) in [6.45, 7) is 5.23. The first kappa shape index (κ1) is 18.5. The van der Waals surface area contributed by atoms with Crippen molar-refractivity contribution in [1.82, 2.24) is 14.5 Å². The van der Waals surface area contributed by atoms with Crippen molar-refractivity contribution < 1.29 is 9.90 Å². The number of imidazole rings is 1. The van der Waals surface area contributed by atoms with Crippen LogP contribution in [0.4, 0.5) is 5.82 Å². The van der Waals surface area contributed by atoms with Gasteiger partial charge in [0.15, 0.2) is 16.7 Å². The summed E-state index contributed by atoms with van der Waals surface area (Å²) in [6.07, 6.45) is 3.34. The molecule has 2 aromatic rings. The molecule has 0 bridgehead atoms. The fourth-order valence-corrected chi connectivity index (χ4v) is 5.38. The highest BCUT2D eigenvalue weighted by Gasteiger charge is 2.49. The second kappa shape index (κ2) is 7.09. The third kappa shape index (κ3) is 2.84. The molecule has 3 aliphatic rings. The number of hydrogen-bond acceptors (Lipinski definition) is 6. The lowest BCUT2D eigenvalue weighted by Gasteiger charge is -2.35. The van der Waals surface area contributed by atoms with Crippen LogP contribution in [0.3, 0.4) is 0 Å². The zero-order valence-electron chi connectivity index (χ0n) is 16.7. The quantitative estimate of drug-likeness (QED) is 0.764. The minimum absolute atomic E-state index is 0.0216. The number of rotatable bonds is 5. The summed E-state index contributed by atoms with van der Waals surface area (Å²) in [4.78, 5) is 27.4. The monoisotopic (exact) mass is 411 g/mol. The minimum atomic E-state index is -0.0216. The van der Waals surface area contributed by atoms with E-state index in [0.717, 1.165) is 41.1 Å². The van der Waals surface area contributed by atoms with E-state index in [1.807, 2.05) is 23.6 Å². The number of phenolic OH excluding ortho intramolecular Hbond substituents is 1. The predicted molar refractivity (Wildman–Crippen MR) is 114 cm³/mol. The number of guanidine groups is 1. The van der Waals surface area contributed by atoms with Gasteiger partial charge in [0, 0.05) is 6.54 Å². The average Bonchev–Trinajstić information content (AvgIpc) is 3.38. The Hall–Kier alpha value is -2.48. The van der Waals surface area contributed by atoms with Gasteiger partial charge < -0.3 is 9.67 Å². The molecule has 1 amide bonds. The number of aromatic nitrogens is 2. The lowest BCUT2D eigenvalue weighted by molar-refractivity contribution is 0.0835. The van der Waals surface area contributed by atoms with Gasteiger partial charge in [-0.15, -0.1) is 0 Å². The summed E-state index contributed by atoms with van der Waals surface area (Å²) in [7, 11) is 0. The van der Waals surface area contributed by atoms with E-state index < -0.39 is 0 Å². The highest BCUT2D eigenvalue weighted by atomic mass is 32.2. The van der Waals surface area contributed by atoms with Crippen molar-refractivity contribution in [2.24, 2.45) is 4.99 Å². The van der Waals surface area contributed by atoms with Crippen molar-refractivity contribution in [1.29, 1.82) is 0 Å². The van der Waals surface area contributed by atoms with Crippen molar-refractivity contribution in [2.45, 2.75) is 56.9 Å². The van der Waals surface area contributed by atoms with E-state index in [4.69, 9.17) is 9.98 Å². The second-order valence-electron chi connectivity index (χ2n) is 7.67. The molecule has 0 saturated heterocycles. The average molecular weight is 412 g/mol. The van der Waals surface area contributed by atoms with E-state index in [1.165, 1.54) is 6.42 Å². The molecular formula is C21H25N5O2S. The maximum atomic E-state index is 13.5. The molecular weight excluding hydrogens is 386 g/mol. The number of carbonyl (C=O) groups is 1. The Morgan fingerprint density at radius 3 is 2.72 bits per heavy atom. The third-order valence-corrected chi connectivity index (χ3v) is 6.83. The van der Waals surface area contributed by atoms with Crippen LogP contribution in [0.2, 0.25) is 0 Å². The molecule has 1 aromatic heterocycles. The zero-order valence-corrected chi connectivity index (χ0v) is 17.5. The second-order valence-corrected chi connectivity index (χ2v) is 8.90. The van der Waals surface area contributed by atoms with Gasteiger partial charge in [0.1, 0.15) is 5.75 Å². The number of phenols is 1. The molecule has 1 aromatic carbocycles. The fourth-order valence-electron chi connectivity index (χ4n) is 4.66. The molecule has 2 aliphatic heterocycles. The molecule has 5 rings (SSSR count). The topological polar surface area (TPSA) is 74.0 Å². The first-order valence-corrected chi connectivity index (χ1v) is 11.3. The third-order valence-electron chi connectivity index (χ3n) is 5.97. The van der Waals surface area contributed by atoms with Crippen LogP contribution >= 0.6 is 11.8 Å². The zero-order chi connectivity index (χ0) is 20.1. The number of aliphatic imine (C=N–C) groups is 1. The highest BCUT2D eigenvalue weighted by Crippen LogP contribution is 2.42. The van der Waals surface area contributed by atoms with E-state index >= 15 is 0 Å². The Labute approximate surface area is 174 Å². The van der Waals surface area contributed by atoms with Crippen molar-refractivity contribution >= 4 is 29.4 Å². The van der Waals surface area contributed by atoms with E-state index in [2.05, 4.69) is 11.8 Å². The van der Waals surface area contributed by atoms with E-state index in [0.29, 0.717) is 24.8 Å². The Kier molecular flexibility index (Phi) is 4.53. The van der Waals surface area contributed by atoms with Crippen LogP contribution in [0.25, 0.3) is 0 Å². The molecule has 1 fully saturated rings. The molecule has 8 heteroatoms. The van der Waals surface area contributed by atoms with Gasteiger partial charge in [-0.3, -0.25) is 14.6 Å². The summed E-state index contributed by atoms with van der Waals surface area (Å²) in [5.74, 6) is 2.64. The van der Waals surface area contributed by atoms with Gasteiger partial charge >= 0.3 is 0 Å². The minimum Gasteiger partial charge on any atom is -0.508 e. The van der Waals surface area contributed by atoms with Crippen LogP contribution in [-0.2, 0) is 6.54 Å². The Bertz CT molecular complexity index is 984. The lowest BCUT2D eigenvalue weighted by atomic mass is 10.1. The predicted octanol–water partition coefficient (Wildman–Crippen LogP) is 3.32. The van der Waals surface area contributed by atoms with Gasteiger partial charge in [0.05, 0.1) is 18.6 Å². The molecule has 29 heavy (non-hydrogen) atoms. The Morgan fingerprint density at radius 2 is 2.00 bits per heavy atom. The van der Waals surface area contributed by atoms with E-state index in [9.17, 15) is 9.90 Å². The van der Waals surface area contributed by atoms with Gasteiger partial charge in [-0.1, -0.05) is 30.8 Å². The van der Waals surface area contributed by atoms with Crippen molar-refractivity contribution in [3.8, 4) is 5.75 Å². The van der Waals surface area contributed by atoms with E-state index in [-0.39, 0.29) is 17.7 Å². The van der Waals surface area contributed by atoms with Crippen molar-refractivity contribution in [2.75, 3.05) is 17.2 Å². The smallest absolute Gasteiger partial charge is 0.281 e. The van der Waals surface area contributed by atoms with Gasteiger partial charge in [-0.2, -0.15) is 0 Å². The van der Waals surface area contributed by atoms with Crippen LogP contribution in [0.5, 0.6) is 5.75 Å². The van der Waals surface area contributed by atoms with Crippen LogP contribution in [0.1, 0.15) is 49.2 Å². The summed E-state index contributed by atoms with van der Waals surface area (Å²) < 4.78 is 2.04. The van der Waals surface area contributed by atoms with Gasteiger partial charge in [0.25, 0.3) is 5.91 Å². The first-order valence-electron chi connectivity index (χ1n) is 10.3. The number of aromatic hydroxyl groups is 1. The molecule has 152 valence electrons. The molecule has 7 nitrogen and oxygen atoms in total. The van der Waals surface area contributed by atoms with Gasteiger partial charge in [0.2, 0.25) is 5.96 Å². The Balaban J connectivity index is 1.64. The number of hydrogen-bond donors (Lipinski definition) is 1. The molecule has 0 unspecified atom stereocenters. The summed E-state index contributed by atoms with van der Waals surface area (Å²) >= 11 is 1.65. The number of benzene rings is 1. The van der Waals surface area contributed by atoms with Crippen LogP contribution < -0.4 is 4.90 Å². The standard InChI is InChI=1S/C21H25N5O2S/c1-3-24-19(28)17-18(26-16-7-5-6-15(16)22-20(24)26)23-21(29-4-2)25(17)12-13-8-10-14(27)11-9-13/h8-11,15-16,27H,3-7,12H2,1-2H3/t15-,16+/m1/s1. The van der Waals surface area contributed by atoms with Crippen molar-refractivity contribution in [3.05, 3.63) is 35.5 Å². The molecule has 2 atom stereocenters. The number of anilines is 1. The highest BCUT2D eigenvalue weighted by molar-refractivity contribution is 7.99.